The lowest BCUT2D eigenvalue weighted by atomic mass is 10.1. The molecule has 0 bridgehead atoms. The molecular formula is C10H13N3O. The number of nitrogens with zero attached hydrogens (tertiary/aromatic N) is 1. The highest BCUT2D eigenvalue weighted by Crippen LogP contribution is 2.27. The van der Waals surface area contributed by atoms with E-state index >= 15 is 0 Å². The monoisotopic (exact) mass is 191 g/mol. The number of rotatable bonds is 2. The molecule has 4 heteroatoms. The topological polar surface area (TPSA) is 67.8 Å². The Labute approximate surface area is 82.1 Å². The van der Waals surface area contributed by atoms with Crippen molar-refractivity contribution in [3.63, 3.8) is 0 Å². The van der Waals surface area contributed by atoms with Crippen molar-refractivity contribution in [2.75, 3.05) is 0 Å². The molecule has 0 saturated carbocycles. The number of aromatic nitrogens is 2. The van der Waals surface area contributed by atoms with Crippen LogP contribution < -0.4 is 5.73 Å². The first kappa shape index (κ1) is 9.02. The molecule has 0 atom stereocenters. The summed E-state index contributed by atoms with van der Waals surface area (Å²) in [7, 11) is 0. The highest BCUT2D eigenvalue weighted by atomic mass is 16.3. The van der Waals surface area contributed by atoms with Gasteiger partial charge in [0.1, 0.15) is 11.5 Å². The van der Waals surface area contributed by atoms with E-state index in [0.29, 0.717) is 6.54 Å². The predicted molar refractivity (Wildman–Crippen MR) is 53.7 cm³/mol. The van der Waals surface area contributed by atoms with Crippen molar-refractivity contribution in [3.8, 4) is 11.3 Å². The molecule has 74 valence electrons. The Morgan fingerprint density at radius 1 is 1.50 bits per heavy atom. The number of H-pyrrole nitrogens is 1. The molecule has 0 spiro atoms. The van der Waals surface area contributed by atoms with Gasteiger partial charge in [-0.1, -0.05) is 0 Å². The molecule has 2 heterocycles. The molecule has 0 radical (unpaired) electrons. The minimum atomic E-state index is 0.482. The van der Waals surface area contributed by atoms with E-state index in [4.69, 9.17) is 10.2 Å². The summed E-state index contributed by atoms with van der Waals surface area (Å²) in [5, 5.41) is 6.91. The van der Waals surface area contributed by atoms with Gasteiger partial charge in [0, 0.05) is 17.7 Å². The first-order chi connectivity index (χ1) is 6.72. The number of nitrogens with one attached hydrogen (secondary N) is 1. The minimum absolute atomic E-state index is 0.482. The molecule has 0 aliphatic heterocycles. The fourth-order valence-corrected chi connectivity index (χ4v) is 1.58. The van der Waals surface area contributed by atoms with Crippen LogP contribution in [0.2, 0.25) is 0 Å². The fourth-order valence-electron chi connectivity index (χ4n) is 1.58. The second-order valence-corrected chi connectivity index (χ2v) is 3.30. The molecule has 0 saturated heterocycles. The summed E-state index contributed by atoms with van der Waals surface area (Å²) in [6, 6.07) is 1.99. The molecule has 0 amide bonds. The molecule has 0 unspecified atom stereocenters. The summed E-state index contributed by atoms with van der Waals surface area (Å²) in [4.78, 5) is 0. The number of hydrogen-bond donors (Lipinski definition) is 2. The van der Waals surface area contributed by atoms with Crippen molar-refractivity contribution >= 4 is 0 Å². The van der Waals surface area contributed by atoms with E-state index < -0.39 is 0 Å². The maximum Gasteiger partial charge on any atom is 0.110 e. The zero-order valence-corrected chi connectivity index (χ0v) is 8.29. The van der Waals surface area contributed by atoms with Crippen molar-refractivity contribution in [2.45, 2.75) is 20.4 Å². The van der Waals surface area contributed by atoms with Crippen LogP contribution in [-0.2, 0) is 6.54 Å². The van der Waals surface area contributed by atoms with Gasteiger partial charge in [-0.05, 0) is 19.9 Å². The van der Waals surface area contributed by atoms with Gasteiger partial charge in [0.05, 0.1) is 11.9 Å². The van der Waals surface area contributed by atoms with Gasteiger partial charge in [-0.2, -0.15) is 5.10 Å². The molecule has 0 aliphatic carbocycles. The Bertz CT molecular complexity index is 442. The van der Waals surface area contributed by atoms with Gasteiger partial charge in [-0.15, -0.1) is 0 Å². The lowest BCUT2D eigenvalue weighted by Crippen LogP contribution is -1.96. The average Bonchev–Trinajstić information content (AvgIpc) is 2.71. The van der Waals surface area contributed by atoms with Crippen molar-refractivity contribution in [2.24, 2.45) is 5.73 Å². The van der Waals surface area contributed by atoms with Crippen LogP contribution in [0, 0.1) is 13.8 Å². The van der Waals surface area contributed by atoms with Crippen molar-refractivity contribution in [1.29, 1.82) is 0 Å². The summed E-state index contributed by atoms with van der Waals surface area (Å²) in [6.45, 7) is 4.34. The molecule has 2 aromatic heterocycles. The lowest BCUT2D eigenvalue weighted by Gasteiger charge is -1.97. The zero-order valence-electron chi connectivity index (χ0n) is 8.29. The van der Waals surface area contributed by atoms with Gasteiger partial charge >= 0.3 is 0 Å². The second kappa shape index (κ2) is 3.31. The summed E-state index contributed by atoms with van der Waals surface area (Å²) in [5.74, 6) is 1.79. The number of furan rings is 1. The molecule has 14 heavy (non-hydrogen) atoms. The predicted octanol–water partition coefficient (Wildman–Crippen LogP) is 1.75. The van der Waals surface area contributed by atoms with Crippen LogP contribution in [0.3, 0.4) is 0 Å². The Kier molecular flexibility index (Phi) is 2.13. The second-order valence-electron chi connectivity index (χ2n) is 3.30. The highest BCUT2D eigenvalue weighted by molar-refractivity contribution is 5.65. The zero-order chi connectivity index (χ0) is 10.1. The van der Waals surface area contributed by atoms with Crippen LogP contribution >= 0.6 is 0 Å². The van der Waals surface area contributed by atoms with Gasteiger partial charge in [-0.25, -0.2) is 0 Å². The standard InChI is InChI=1S/C10H13N3O/c1-6-3-9(7(2)14-6)10-8(4-11)5-12-13-10/h3,5H,4,11H2,1-2H3,(H,12,13). The number of nitrogens with two attached hydrogens (primary N) is 1. The first-order valence-electron chi connectivity index (χ1n) is 4.52. The van der Waals surface area contributed by atoms with E-state index in [2.05, 4.69) is 10.2 Å². The third-order valence-electron chi connectivity index (χ3n) is 2.25. The number of aromatic amines is 1. The van der Waals surface area contributed by atoms with E-state index in [0.717, 1.165) is 28.3 Å². The van der Waals surface area contributed by atoms with Crippen LogP contribution in [0.5, 0.6) is 0 Å². The first-order valence-corrected chi connectivity index (χ1v) is 4.52. The Morgan fingerprint density at radius 2 is 2.29 bits per heavy atom. The molecular weight excluding hydrogens is 178 g/mol. The lowest BCUT2D eigenvalue weighted by molar-refractivity contribution is 0.505. The van der Waals surface area contributed by atoms with Gasteiger partial charge < -0.3 is 10.2 Å². The minimum Gasteiger partial charge on any atom is -0.466 e. The summed E-state index contributed by atoms with van der Waals surface area (Å²) in [5.41, 5.74) is 8.61. The van der Waals surface area contributed by atoms with E-state index in [9.17, 15) is 0 Å². The van der Waals surface area contributed by atoms with Crippen molar-refractivity contribution in [1.82, 2.24) is 10.2 Å². The average molecular weight is 191 g/mol. The van der Waals surface area contributed by atoms with Gasteiger partial charge in [0.25, 0.3) is 0 Å². The van der Waals surface area contributed by atoms with E-state index in [1.54, 1.807) is 6.20 Å². The summed E-state index contributed by atoms with van der Waals surface area (Å²) < 4.78 is 5.45. The maximum atomic E-state index is 5.60. The molecule has 3 N–H and O–H groups in total. The van der Waals surface area contributed by atoms with Gasteiger partial charge in [0.2, 0.25) is 0 Å². The molecule has 4 nitrogen and oxygen atoms in total. The van der Waals surface area contributed by atoms with E-state index in [1.807, 2.05) is 19.9 Å². The summed E-state index contributed by atoms with van der Waals surface area (Å²) in [6.07, 6.45) is 1.75. The quantitative estimate of drug-likeness (QED) is 0.759. The third-order valence-corrected chi connectivity index (χ3v) is 2.25. The van der Waals surface area contributed by atoms with Crippen LogP contribution in [-0.4, -0.2) is 10.2 Å². The molecule has 0 fully saturated rings. The molecule has 2 rings (SSSR count). The van der Waals surface area contributed by atoms with E-state index in [1.165, 1.54) is 0 Å². The van der Waals surface area contributed by atoms with Crippen LogP contribution in [0.4, 0.5) is 0 Å². The number of aryl methyl sites for hydroxylation is 2. The Balaban J connectivity index is 2.53. The van der Waals surface area contributed by atoms with Gasteiger partial charge in [0.15, 0.2) is 0 Å². The highest BCUT2D eigenvalue weighted by Gasteiger charge is 2.12. The number of hydrogen-bond acceptors (Lipinski definition) is 3. The summed E-state index contributed by atoms with van der Waals surface area (Å²) >= 11 is 0. The third kappa shape index (κ3) is 1.33. The van der Waals surface area contributed by atoms with Crippen molar-refractivity contribution in [3.05, 3.63) is 29.3 Å². The van der Waals surface area contributed by atoms with Crippen LogP contribution in [0.1, 0.15) is 17.1 Å². The normalized spacial score (nSPS) is 10.8. The SMILES string of the molecule is Cc1cc(-c2[nH]ncc2CN)c(C)o1. The Morgan fingerprint density at radius 3 is 2.86 bits per heavy atom. The molecule has 0 aliphatic rings. The largest absolute Gasteiger partial charge is 0.466 e. The molecule has 2 aromatic rings. The van der Waals surface area contributed by atoms with Crippen LogP contribution in [0.25, 0.3) is 11.3 Å². The van der Waals surface area contributed by atoms with Gasteiger partial charge in [-0.3, -0.25) is 5.10 Å². The Hall–Kier alpha value is -1.55. The fraction of sp³-hybridized carbons (Fsp3) is 0.300. The van der Waals surface area contributed by atoms with Crippen LogP contribution in [0.15, 0.2) is 16.7 Å². The van der Waals surface area contributed by atoms with Crippen molar-refractivity contribution < 1.29 is 4.42 Å². The molecule has 0 aromatic carbocycles. The maximum absolute atomic E-state index is 5.60. The van der Waals surface area contributed by atoms with E-state index in [-0.39, 0.29) is 0 Å². The smallest absolute Gasteiger partial charge is 0.110 e.